The van der Waals surface area contributed by atoms with Crippen molar-refractivity contribution in [3.05, 3.63) is 53.9 Å². The fourth-order valence-electron chi connectivity index (χ4n) is 4.44. The molecule has 3 aromatic heterocycles. The first-order chi connectivity index (χ1) is 15.6. The van der Waals surface area contributed by atoms with Crippen LogP contribution in [0.2, 0.25) is 0 Å². The Labute approximate surface area is 187 Å². The van der Waals surface area contributed by atoms with Gasteiger partial charge in [0.05, 0.1) is 12.3 Å². The average molecular weight is 434 g/mol. The van der Waals surface area contributed by atoms with E-state index in [0.717, 1.165) is 41.3 Å². The number of β-amino-alcohol motifs (C(OH)–C–C–N with tert-alkyl or cyclic N) is 1. The van der Waals surface area contributed by atoms with Crippen molar-refractivity contribution in [3.63, 3.8) is 0 Å². The molecule has 8 nitrogen and oxygen atoms in total. The van der Waals surface area contributed by atoms with E-state index in [1.807, 2.05) is 22.8 Å². The number of fused-ring (bicyclic) bond motifs is 2. The highest BCUT2D eigenvalue weighted by Gasteiger charge is 2.23. The number of rotatable bonds is 7. The number of aliphatic hydroxyl groups is 1. The van der Waals surface area contributed by atoms with Gasteiger partial charge in [-0.2, -0.15) is 9.61 Å². The number of aromatic nitrogens is 4. The van der Waals surface area contributed by atoms with Gasteiger partial charge >= 0.3 is 0 Å². The van der Waals surface area contributed by atoms with Crippen LogP contribution in [0.4, 0.5) is 11.6 Å². The molecule has 0 radical (unpaired) electrons. The highest BCUT2D eigenvalue weighted by atomic mass is 16.3. The Hall–Kier alpha value is -3.10. The Bertz CT molecular complexity index is 1210. The summed E-state index contributed by atoms with van der Waals surface area (Å²) in [4.78, 5) is 8.20. The van der Waals surface area contributed by atoms with Crippen LogP contribution >= 0.6 is 0 Å². The number of H-pyrrole nitrogens is 1. The number of anilines is 2. The maximum absolute atomic E-state index is 10.3. The predicted octanol–water partition coefficient (Wildman–Crippen LogP) is 3.33. The zero-order valence-electron chi connectivity index (χ0n) is 18.6. The van der Waals surface area contributed by atoms with Crippen LogP contribution in [0.25, 0.3) is 16.6 Å². The second kappa shape index (κ2) is 8.80. The van der Waals surface area contributed by atoms with Gasteiger partial charge in [-0.25, -0.2) is 4.98 Å². The number of aromatic amines is 1. The Morgan fingerprint density at radius 2 is 2.12 bits per heavy atom. The average Bonchev–Trinajstić information content (AvgIpc) is 3.41. The second-order valence-electron chi connectivity index (χ2n) is 8.93. The monoisotopic (exact) mass is 433 g/mol. The van der Waals surface area contributed by atoms with E-state index in [-0.39, 0.29) is 12.0 Å². The normalized spacial score (nSPS) is 19.1. The molecule has 1 saturated heterocycles. The van der Waals surface area contributed by atoms with E-state index in [4.69, 9.17) is 4.98 Å². The second-order valence-corrected chi connectivity index (χ2v) is 8.93. The largest absolute Gasteiger partial charge is 0.391 e. The quantitative estimate of drug-likeness (QED) is 0.306. The van der Waals surface area contributed by atoms with Gasteiger partial charge in [-0.3, -0.25) is 0 Å². The molecule has 168 valence electrons. The smallest absolute Gasteiger partial charge is 0.163 e. The third-order valence-electron chi connectivity index (χ3n) is 6.39. The Balaban J connectivity index is 1.42. The van der Waals surface area contributed by atoms with Crippen molar-refractivity contribution < 1.29 is 5.11 Å². The highest BCUT2D eigenvalue weighted by molar-refractivity contribution is 5.83. The van der Waals surface area contributed by atoms with E-state index in [9.17, 15) is 5.11 Å². The van der Waals surface area contributed by atoms with Crippen molar-refractivity contribution in [2.75, 3.05) is 30.3 Å². The molecule has 1 fully saturated rings. The van der Waals surface area contributed by atoms with Crippen LogP contribution in [0.5, 0.6) is 0 Å². The molecule has 1 aromatic carbocycles. The van der Waals surface area contributed by atoms with E-state index in [2.05, 4.69) is 64.3 Å². The summed E-state index contributed by atoms with van der Waals surface area (Å²) < 4.78 is 1.88. The standard InChI is InChI=1S/C24H31N7O/c1-15(2)19-13-29-31-23(28-12-17-11-26-20-6-4-3-5-18(17)20)9-22(30-24(19)31)27-10-16-7-8-25-14-21(16)32/h3-6,9,11,13,15-16,21,25-26,28,32H,7-8,10,12,14H2,1-2H3,(H,27,30)/t16?,21-/m0/s1. The van der Waals surface area contributed by atoms with E-state index in [0.29, 0.717) is 25.6 Å². The predicted molar refractivity (Wildman–Crippen MR) is 128 cm³/mol. The molecular formula is C24H31N7O. The third-order valence-corrected chi connectivity index (χ3v) is 6.39. The number of hydrogen-bond donors (Lipinski definition) is 5. The van der Waals surface area contributed by atoms with Crippen LogP contribution in [0, 0.1) is 5.92 Å². The molecule has 4 aromatic rings. The molecule has 0 aliphatic carbocycles. The van der Waals surface area contributed by atoms with Crippen molar-refractivity contribution in [1.29, 1.82) is 0 Å². The van der Waals surface area contributed by atoms with Crippen molar-refractivity contribution in [2.24, 2.45) is 5.92 Å². The van der Waals surface area contributed by atoms with Gasteiger partial charge in [0.25, 0.3) is 0 Å². The summed E-state index contributed by atoms with van der Waals surface area (Å²) in [5.74, 6) is 2.22. The van der Waals surface area contributed by atoms with Gasteiger partial charge in [0, 0.05) is 54.3 Å². The minimum Gasteiger partial charge on any atom is -0.391 e. The van der Waals surface area contributed by atoms with E-state index in [1.54, 1.807) is 0 Å². The molecule has 4 heterocycles. The summed E-state index contributed by atoms with van der Waals surface area (Å²) in [6.45, 7) is 7.27. The van der Waals surface area contributed by atoms with E-state index in [1.165, 1.54) is 10.9 Å². The van der Waals surface area contributed by atoms with Crippen LogP contribution < -0.4 is 16.0 Å². The lowest BCUT2D eigenvalue weighted by Gasteiger charge is -2.28. The molecule has 5 rings (SSSR count). The van der Waals surface area contributed by atoms with Crippen LogP contribution in [0.3, 0.4) is 0 Å². The highest BCUT2D eigenvalue weighted by Crippen LogP contribution is 2.26. The van der Waals surface area contributed by atoms with Gasteiger partial charge < -0.3 is 26.0 Å². The van der Waals surface area contributed by atoms with Crippen molar-refractivity contribution in [3.8, 4) is 0 Å². The summed E-state index contributed by atoms with van der Waals surface area (Å²) in [6.07, 6.45) is 4.58. The molecule has 0 spiro atoms. The number of piperidine rings is 1. The fraction of sp³-hybridized carbons (Fsp3) is 0.417. The van der Waals surface area contributed by atoms with Gasteiger partial charge in [0.15, 0.2) is 5.65 Å². The lowest BCUT2D eigenvalue weighted by atomic mass is 9.95. The molecule has 5 N–H and O–H groups in total. The summed E-state index contributed by atoms with van der Waals surface area (Å²) in [5, 5.41) is 26.4. The van der Waals surface area contributed by atoms with Gasteiger partial charge in [-0.15, -0.1) is 0 Å². The number of hydrogen-bond acceptors (Lipinski definition) is 6. The first-order valence-electron chi connectivity index (χ1n) is 11.4. The molecule has 32 heavy (non-hydrogen) atoms. The molecule has 0 bridgehead atoms. The molecule has 1 aliphatic heterocycles. The van der Waals surface area contributed by atoms with E-state index < -0.39 is 0 Å². The summed E-state index contributed by atoms with van der Waals surface area (Å²) >= 11 is 0. The lowest BCUT2D eigenvalue weighted by molar-refractivity contribution is 0.0883. The zero-order chi connectivity index (χ0) is 22.1. The number of benzene rings is 1. The molecule has 0 saturated carbocycles. The minimum atomic E-state index is -0.333. The maximum Gasteiger partial charge on any atom is 0.163 e. The summed E-state index contributed by atoms with van der Waals surface area (Å²) in [5.41, 5.74) is 4.31. The number of nitrogens with zero attached hydrogens (tertiary/aromatic N) is 3. The van der Waals surface area contributed by atoms with Crippen LogP contribution in [-0.2, 0) is 6.54 Å². The van der Waals surface area contributed by atoms with Gasteiger partial charge in [0.1, 0.15) is 11.6 Å². The Morgan fingerprint density at radius 3 is 2.97 bits per heavy atom. The Morgan fingerprint density at radius 1 is 1.25 bits per heavy atom. The van der Waals surface area contributed by atoms with Crippen molar-refractivity contribution in [2.45, 2.75) is 38.8 Å². The molecule has 0 amide bonds. The topological polar surface area (TPSA) is 102 Å². The van der Waals surface area contributed by atoms with Crippen LogP contribution in [0.1, 0.15) is 37.3 Å². The van der Waals surface area contributed by atoms with Gasteiger partial charge in [-0.1, -0.05) is 32.0 Å². The minimum absolute atomic E-state index is 0.214. The summed E-state index contributed by atoms with van der Waals surface area (Å²) in [6, 6.07) is 10.3. The number of aliphatic hydroxyl groups excluding tert-OH is 1. The third kappa shape index (κ3) is 4.03. The first-order valence-corrected chi connectivity index (χ1v) is 11.4. The maximum atomic E-state index is 10.3. The fourth-order valence-corrected chi connectivity index (χ4v) is 4.44. The molecular weight excluding hydrogens is 402 g/mol. The van der Waals surface area contributed by atoms with Gasteiger partial charge in [0.2, 0.25) is 0 Å². The molecule has 1 aliphatic rings. The molecule has 8 heteroatoms. The number of para-hydroxylation sites is 1. The van der Waals surface area contributed by atoms with Crippen molar-refractivity contribution in [1.82, 2.24) is 24.9 Å². The Kier molecular flexibility index (Phi) is 5.71. The van der Waals surface area contributed by atoms with Crippen molar-refractivity contribution >= 4 is 28.2 Å². The lowest BCUT2D eigenvalue weighted by Crippen LogP contribution is -2.43. The van der Waals surface area contributed by atoms with Gasteiger partial charge in [-0.05, 0) is 30.5 Å². The molecule has 1 unspecified atom stereocenters. The summed E-state index contributed by atoms with van der Waals surface area (Å²) in [7, 11) is 0. The first kappa shape index (κ1) is 20.8. The van der Waals surface area contributed by atoms with Crippen LogP contribution in [-0.4, -0.2) is 50.4 Å². The molecule has 2 atom stereocenters. The SMILES string of the molecule is CC(C)c1cnn2c(NCc3c[nH]c4ccccc34)cc(NCC3CCNC[C@@H]3O)nc12. The zero-order valence-corrected chi connectivity index (χ0v) is 18.6. The van der Waals surface area contributed by atoms with E-state index >= 15 is 0 Å². The van der Waals surface area contributed by atoms with Crippen LogP contribution in [0.15, 0.2) is 42.7 Å². The number of nitrogens with one attached hydrogen (secondary N) is 4.